The highest BCUT2D eigenvalue weighted by molar-refractivity contribution is 6.30. The number of carbonyl (C=O) groups is 2. The summed E-state index contributed by atoms with van der Waals surface area (Å²) in [6.07, 6.45) is 1.19. The van der Waals surface area contributed by atoms with Crippen LogP contribution in [0.25, 0.3) is 0 Å². The first-order valence-corrected chi connectivity index (χ1v) is 8.96. The molecule has 2 aliphatic rings. The minimum atomic E-state index is -0.301. The van der Waals surface area contributed by atoms with E-state index >= 15 is 0 Å². The minimum absolute atomic E-state index is 0.0422. The molecule has 2 aromatic rings. The van der Waals surface area contributed by atoms with Gasteiger partial charge in [-0.3, -0.25) is 9.59 Å². The van der Waals surface area contributed by atoms with Crippen LogP contribution in [-0.2, 0) is 9.59 Å². The Morgan fingerprint density at radius 1 is 0.885 bits per heavy atom. The van der Waals surface area contributed by atoms with Crippen LogP contribution in [0, 0.1) is 5.82 Å². The van der Waals surface area contributed by atoms with Gasteiger partial charge >= 0.3 is 0 Å². The molecule has 0 unspecified atom stereocenters. The van der Waals surface area contributed by atoms with E-state index in [0.717, 1.165) is 11.1 Å². The molecule has 0 saturated carbocycles. The van der Waals surface area contributed by atoms with Crippen LogP contribution in [0.4, 0.5) is 4.39 Å². The predicted octanol–water partition coefficient (Wildman–Crippen LogP) is 4.48. The molecule has 1 aliphatic carbocycles. The molecule has 0 fully saturated rings. The summed E-state index contributed by atoms with van der Waals surface area (Å²) in [5, 5.41) is 3.51. The second-order valence-corrected chi connectivity index (χ2v) is 7.27. The lowest BCUT2D eigenvalue weighted by Gasteiger charge is -2.34. The maximum absolute atomic E-state index is 13.2. The second kappa shape index (κ2) is 6.69. The number of ketones is 1. The zero-order valence-corrected chi connectivity index (χ0v) is 14.7. The van der Waals surface area contributed by atoms with Crippen LogP contribution in [0.5, 0.6) is 0 Å². The number of rotatable bonds is 2. The van der Waals surface area contributed by atoms with Crippen molar-refractivity contribution in [2.45, 2.75) is 31.1 Å². The van der Waals surface area contributed by atoms with Gasteiger partial charge in [0.2, 0.25) is 5.91 Å². The second-order valence-electron chi connectivity index (χ2n) is 6.83. The van der Waals surface area contributed by atoms with Crippen molar-refractivity contribution in [1.82, 2.24) is 5.32 Å². The standard InChI is InChI=1S/C21H17ClFNO2/c22-15-5-1-13(2-6-15)17-11-20(26)24-18-9-14(10-19(25)21(17)18)12-3-7-16(23)8-4-12/h1-8,14,17H,9-11H2,(H,24,26)/t14-,17+/m0/s1. The highest BCUT2D eigenvalue weighted by Gasteiger charge is 2.38. The molecular formula is C21H17ClFNO2. The third-order valence-corrected chi connectivity index (χ3v) is 5.40. The summed E-state index contributed by atoms with van der Waals surface area (Å²) >= 11 is 5.96. The van der Waals surface area contributed by atoms with E-state index in [1.54, 1.807) is 24.3 Å². The van der Waals surface area contributed by atoms with Gasteiger partial charge in [-0.15, -0.1) is 0 Å². The summed E-state index contributed by atoms with van der Waals surface area (Å²) in [5.74, 6) is -0.634. The quantitative estimate of drug-likeness (QED) is 0.848. The lowest BCUT2D eigenvalue weighted by Crippen LogP contribution is -2.38. The van der Waals surface area contributed by atoms with Crippen molar-refractivity contribution in [2.24, 2.45) is 0 Å². The van der Waals surface area contributed by atoms with Crippen LogP contribution >= 0.6 is 11.6 Å². The molecule has 0 spiro atoms. The lowest BCUT2D eigenvalue weighted by atomic mass is 9.73. The Hall–Kier alpha value is -2.46. The topological polar surface area (TPSA) is 46.2 Å². The van der Waals surface area contributed by atoms with E-state index in [4.69, 9.17) is 11.6 Å². The van der Waals surface area contributed by atoms with Crippen molar-refractivity contribution in [3.63, 3.8) is 0 Å². The number of benzene rings is 2. The van der Waals surface area contributed by atoms with E-state index in [1.807, 2.05) is 12.1 Å². The van der Waals surface area contributed by atoms with Crippen LogP contribution in [0.1, 0.15) is 42.2 Å². The Balaban J connectivity index is 1.70. The molecule has 1 N–H and O–H groups in total. The summed E-state index contributed by atoms with van der Waals surface area (Å²) in [5.41, 5.74) is 3.23. The third-order valence-electron chi connectivity index (χ3n) is 5.15. The van der Waals surface area contributed by atoms with Gasteiger partial charge in [-0.25, -0.2) is 4.39 Å². The maximum Gasteiger partial charge on any atom is 0.225 e. The molecule has 132 valence electrons. The molecule has 0 radical (unpaired) electrons. The molecule has 0 saturated heterocycles. The van der Waals surface area contributed by atoms with Gasteiger partial charge < -0.3 is 5.32 Å². The summed E-state index contributed by atoms with van der Waals surface area (Å²) < 4.78 is 13.2. The van der Waals surface area contributed by atoms with E-state index in [9.17, 15) is 14.0 Å². The number of hydrogen-bond acceptors (Lipinski definition) is 2. The number of nitrogens with one attached hydrogen (secondary N) is 1. The van der Waals surface area contributed by atoms with Crippen molar-refractivity contribution in [1.29, 1.82) is 0 Å². The van der Waals surface area contributed by atoms with E-state index < -0.39 is 0 Å². The summed E-state index contributed by atoms with van der Waals surface area (Å²) in [7, 11) is 0. The van der Waals surface area contributed by atoms with Crippen LogP contribution in [0.15, 0.2) is 59.8 Å². The zero-order chi connectivity index (χ0) is 18.3. The van der Waals surface area contributed by atoms with Crippen molar-refractivity contribution >= 4 is 23.3 Å². The van der Waals surface area contributed by atoms with Gasteiger partial charge in [-0.1, -0.05) is 35.9 Å². The molecule has 1 aliphatic heterocycles. The first-order valence-electron chi connectivity index (χ1n) is 8.58. The highest BCUT2D eigenvalue weighted by atomic mass is 35.5. The SMILES string of the molecule is O=C1C[C@H](c2ccc(Cl)cc2)C2=C(C[C@H](c3ccc(F)cc3)CC2=O)N1. The summed E-state index contributed by atoms with van der Waals surface area (Å²) in [4.78, 5) is 25.2. The number of amides is 1. The van der Waals surface area contributed by atoms with E-state index in [-0.39, 0.29) is 35.8 Å². The summed E-state index contributed by atoms with van der Waals surface area (Å²) in [6, 6.07) is 13.5. The normalized spacial score (nSPS) is 22.8. The fourth-order valence-corrected chi connectivity index (χ4v) is 4.04. The first kappa shape index (κ1) is 17.0. The van der Waals surface area contributed by atoms with E-state index in [0.29, 0.717) is 29.1 Å². The Kier molecular flexibility index (Phi) is 4.37. The number of allylic oxidation sites excluding steroid dienone is 2. The lowest BCUT2D eigenvalue weighted by molar-refractivity contribution is -0.122. The van der Waals surface area contributed by atoms with E-state index in [2.05, 4.69) is 5.32 Å². The minimum Gasteiger partial charge on any atom is -0.329 e. The van der Waals surface area contributed by atoms with Crippen molar-refractivity contribution in [3.05, 3.63) is 81.8 Å². The fourth-order valence-electron chi connectivity index (χ4n) is 3.91. The average molecular weight is 370 g/mol. The Morgan fingerprint density at radius 3 is 2.23 bits per heavy atom. The Morgan fingerprint density at radius 2 is 1.54 bits per heavy atom. The van der Waals surface area contributed by atoms with Crippen molar-refractivity contribution in [2.75, 3.05) is 0 Å². The van der Waals surface area contributed by atoms with Gasteiger partial charge in [0, 0.05) is 35.1 Å². The molecule has 2 aromatic carbocycles. The first-order chi connectivity index (χ1) is 12.5. The van der Waals surface area contributed by atoms with Crippen LogP contribution < -0.4 is 5.32 Å². The molecule has 0 bridgehead atoms. The van der Waals surface area contributed by atoms with Crippen LogP contribution in [0.2, 0.25) is 5.02 Å². The molecule has 3 nitrogen and oxygen atoms in total. The van der Waals surface area contributed by atoms with Gasteiger partial charge in [0.25, 0.3) is 0 Å². The van der Waals surface area contributed by atoms with Gasteiger partial charge in [0.05, 0.1) is 0 Å². The zero-order valence-electron chi connectivity index (χ0n) is 14.0. The number of Topliss-reactive ketones (excluding diaryl/α,β-unsaturated/α-hetero) is 1. The molecule has 2 atom stereocenters. The van der Waals surface area contributed by atoms with Gasteiger partial charge in [-0.2, -0.15) is 0 Å². The van der Waals surface area contributed by atoms with Gasteiger partial charge in [-0.05, 0) is 47.7 Å². The highest BCUT2D eigenvalue weighted by Crippen LogP contribution is 2.42. The molecule has 0 aromatic heterocycles. The van der Waals surface area contributed by atoms with Crippen LogP contribution in [0.3, 0.4) is 0 Å². The molecule has 26 heavy (non-hydrogen) atoms. The molecule has 1 amide bonds. The number of hydrogen-bond donors (Lipinski definition) is 1. The fraction of sp³-hybridized carbons (Fsp3) is 0.238. The molecule has 1 heterocycles. The monoisotopic (exact) mass is 369 g/mol. The van der Waals surface area contributed by atoms with Crippen LogP contribution in [-0.4, -0.2) is 11.7 Å². The Bertz CT molecular complexity index is 903. The molecular weight excluding hydrogens is 353 g/mol. The number of carbonyl (C=O) groups excluding carboxylic acids is 2. The van der Waals surface area contributed by atoms with Gasteiger partial charge in [0.1, 0.15) is 5.82 Å². The van der Waals surface area contributed by atoms with Crippen molar-refractivity contribution in [3.8, 4) is 0 Å². The van der Waals surface area contributed by atoms with Crippen molar-refractivity contribution < 1.29 is 14.0 Å². The average Bonchev–Trinajstić information content (AvgIpc) is 2.62. The summed E-state index contributed by atoms with van der Waals surface area (Å²) in [6.45, 7) is 0. The largest absolute Gasteiger partial charge is 0.329 e. The van der Waals surface area contributed by atoms with Gasteiger partial charge in [0.15, 0.2) is 5.78 Å². The third kappa shape index (κ3) is 3.17. The molecule has 4 rings (SSSR count). The van der Waals surface area contributed by atoms with E-state index in [1.165, 1.54) is 12.1 Å². The maximum atomic E-state index is 13.2. The molecule has 5 heteroatoms. The Labute approximate surface area is 155 Å². The predicted molar refractivity (Wildman–Crippen MR) is 97.4 cm³/mol. The number of halogens is 2. The smallest absolute Gasteiger partial charge is 0.225 e.